The average Bonchev–Trinajstić information content (AvgIpc) is 2.63. The topological polar surface area (TPSA) is 122 Å². The van der Waals surface area contributed by atoms with Crippen molar-refractivity contribution in [2.45, 2.75) is 52.0 Å². The standard InChI is InChI=1S/C18H24N2O6/c1-5-13(21)16(23)14(22)8-20-12-7-10(3)9(2)6-11(12)19-15(17(20)24)18(25)26-4/h6-7,13-14,16,21-23H,5,8H2,1-4H3/t13-,14+,16-/m1/s1. The number of aliphatic hydroxyl groups excluding tert-OH is 3. The lowest BCUT2D eigenvalue weighted by Crippen LogP contribution is -2.42. The minimum absolute atomic E-state index is 0.246. The third-order valence-corrected chi connectivity index (χ3v) is 4.52. The van der Waals surface area contributed by atoms with E-state index in [9.17, 15) is 24.9 Å². The van der Waals surface area contributed by atoms with Crippen molar-refractivity contribution < 1.29 is 24.9 Å². The Hall–Kier alpha value is -2.29. The summed E-state index contributed by atoms with van der Waals surface area (Å²) >= 11 is 0. The number of aromatic nitrogens is 2. The largest absolute Gasteiger partial charge is 0.464 e. The molecule has 2 aromatic rings. The van der Waals surface area contributed by atoms with Crippen molar-refractivity contribution in [3.63, 3.8) is 0 Å². The van der Waals surface area contributed by atoms with Crippen molar-refractivity contribution in [2.24, 2.45) is 0 Å². The number of methoxy groups -OCH3 is 1. The van der Waals surface area contributed by atoms with E-state index in [1.165, 1.54) is 4.57 Å². The molecule has 0 aliphatic heterocycles. The van der Waals surface area contributed by atoms with E-state index in [-0.39, 0.29) is 13.0 Å². The molecule has 8 nitrogen and oxygen atoms in total. The van der Waals surface area contributed by atoms with Crippen LogP contribution in [0, 0.1) is 13.8 Å². The summed E-state index contributed by atoms with van der Waals surface area (Å²) in [6, 6.07) is 3.46. The Kier molecular flexibility index (Phi) is 6.12. The molecule has 1 aromatic carbocycles. The van der Waals surface area contributed by atoms with Crippen molar-refractivity contribution in [3.8, 4) is 0 Å². The highest BCUT2D eigenvalue weighted by molar-refractivity contribution is 5.89. The van der Waals surface area contributed by atoms with Gasteiger partial charge in [0.15, 0.2) is 0 Å². The Bertz CT molecular complexity index is 876. The van der Waals surface area contributed by atoms with Crippen LogP contribution in [0.1, 0.15) is 35.0 Å². The third kappa shape index (κ3) is 3.77. The van der Waals surface area contributed by atoms with Crippen LogP contribution in [-0.4, -0.2) is 56.3 Å². The molecular weight excluding hydrogens is 340 g/mol. The molecule has 0 saturated carbocycles. The van der Waals surface area contributed by atoms with E-state index in [2.05, 4.69) is 9.72 Å². The summed E-state index contributed by atoms with van der Waals surface area (Å²) in [6.45, 7) is 5.10. The van der Waals surface area contributed by atoms with Crippen LogP contribution in [0.3, 0.4) is 0 Å². The van der Waals surface area contributed by atoms with E-state index in [4.69, 9.17) is 0 Å². The summed E-state index contributed by atoms with van der Waals surface area (Å²) in [7, 11) is 1.15. The Morgan fingerprint density at radius 1 is 1.19 bits per heavy atom. The molecule has 26 heavy (non-hydrogen) atoms. The summed E-state index contributed by atoms with van der Waals surface area (Å²) in [5, 5.41) is 30.0. The summed E-state index contributed by atoms with van der Waals surface area (Å²) < 4.78 is 5.79. The van der Waals surface area contributed by atoms with Gasteiger partial charge in [0.25, 0.3) is 5.56 Å². The van der Waals surface area contributed by atoms with Crippen LogP contribution >= 0.6 is 0 Å². The zero-order chi connectivity index (χ0) is 19.6. The molecule has 0 spiro atoms. The summed E-state index contributed by atoms with van der Waals surface area (Å²) in [6.07, 6.45) is -3.71. The number of aliphatic hydroxyl groups is 3. The Labute approximate surface area is 150 Å². The molecule has 3 N–H and O–H groups in total. The van der Waals surface area contributed by atoms with Crippen LogP contribution in [0.5, 0.6) is 0 Å². The Balaban J connectivity index is 2.65. The first-order valence-electron chi connectivity index (χ1n) is 8.35. The molecule has 0 fully saturated rings. The SMILES string of the molecule is CC[C@@H](O)[C@@H](O)[C@@H](O)Cn1c(=O)c(C(=O)OC)nc2cc(C)c(C)cc21. The average molecular weight is 364 g/mol. The van der Waals surface area contributed by atoms with Crippen molar-refractivity contribution in [1.29, 1.82) is 0 Å². The van der Waals surface area contributed by atoms with Crippen LogP contribution in [-0.2, 0) is 11.3 Å². The predicted octanol–water partition coefficient (Wildman–Crippen LogP) is 0.293. The maximum absolute atomic E-state index is 12.7. The molecule has 0 saturated heterocycles. The zero-order valence-electron chi connectivity index (χ0n) is 15.3. The maximum Gasteiger partial charge on any atom is 0.362 e. The monoisotopic (exact) mass is 364 g/mol. The number of hydrogen-bond donors (Lipinski definition) is 3. The smallest absolute Gasteiger partial charge is 0.362 e. The first-order valence-corrected chi connectivity index (χ1v) is 8.35. The van der Waals surface area contributed by atoms with E-state index >= 15 is 0 Å². The van der Waals surface area contributed by atoms with Crippen molar-refractivity contribution in [1.82, 2.24) is 9.55 Å². The lowest BCUT2D eigenvalue weighted by Gasteiger charge is -2.23. The second kappa shape index (κ2) is 7.94. The van der Waals surface area contributed by atoms with Crippen molar-refractivity contribution >= 4 is 17.0 Å². The molecule has 0 aliphatic carbocycles. The first kappa shape index (κ1) is 20.0. The fourth-order valence-corrected chi connectivity index (χ4v) is 2.70. The van der Waals surface area contributed by atoms with Gasteiger partial charge in [0.05, 0.1) is 30.8 Å². The number of aryl methyl sites for hydroxylation is 2. The van der Waals surface area contributed by atoms with Crippen molar-refractivity contribution in [2.75, 3.05) is 7.11 Å². The van der Waals surface area contributed by atoms with Crippen LogP contribution in [0.25, 0.3) is 11.0 Å². The fourth-order valence-electron chi connectivity index (χ4n) is 2.70. The third-order valence-electron chi connectivity index (χ3n) is 4.52. The normalized spacial score (nSPS) is 14.9. The maximum atomic E-state index is 12.7. The second-order valence-electron chi connectivity index (χ2n) is 6.33. The predicted molar refractivity (Wildman–Crippen MR) is 95.1 cm³/mol. The number of hydrogen-bond acceptors (Lipinski definition) is 7. The number of benzene rings is 1. The summed E-state index contributed by atoms with van der Waals surface area (Å²) in [5.74, 6) is -0.882. The molecule has 2 rings (SSSR count). The van der Waals surface area contributed by atoms with Crippen LogP contribution < -0.4 is 5.56 Å². The summed E-state index contributed by atoms with van der Waals surface area (Å²) in [4.78, 5) is 28.7. The molecule has 1 heterocycles. The number of ether oxygens (including phenoxy) is 1. The van der Waals surface area contributed by atoms with Crippen LogP contribution in [0.4, 0.5) is 0 Å². The Morgan fingerprint density at radius 3 is 2.38 bits per heavy atom. The van der Waals surface area contributed by atoms with Gasteiger partial charge in [0, 0.05) is 0 Å². The molecule has 0 bridgehead atoms. The highest BCUT2D eigenvalue weighted by Crippen LogP contribution is 2.18. The lowest BCUT2D eigenvalue weighted by atomic mass is 10.1. The molecule has 0 radical (unpaired) electrons. The minimum Gasteiger partial charge on any atom is -0.464 e. The molecule has 0 aliphatic rings. The van der Waals surface area contributed by atoms with E-state index < -0.39 is 35.5 Å². The van der Waals surface area contributed by atoms with Gasteiger partial charge in [-0.1, -0.05) is 6.92 Å². The first-order chi connectivity index (χ1) is 12.2. The molecule has 0 unspecified atom stereocenters. The van der Waals surface area contributed by atoms with Gasteiger partial charge < -0.3 is 24.6 Å². The van der Waals surface area contributed by atoms with Gasteiger partial charge in [-0.15, -0.1) is 0 Å². The minimum atomic E-state index is -1.43. The van der Waals surface area contributed by atoms with Crippen LogP contribution in [0.2, 0.25) is 0 Å². The molecular formula is C18H24N2O6. The van der Waals surface area contributed by atoms with Gasteiger partial charge in [0.2, 0.25) is 5.69 Å². The van der Waals surface area contributed by atoms with E-state index in [0.717, 1.165) is 18.2 Å². The number of esters is 1. The second-order valence-corrected chi connectivity index (χ2v) is 6.33. The van der Waals surface area contributed by atoms with E-state index in [0.29, 0.717) is 11.0 Å². The molecule has 3 atom stereocenters. The summed E-state index contributed by atoms with van der Waals surface area (Å²) in [5.41, 5.74) is 1.51. The van der Waals surface area contributed by atoms with Crippen molar-refractivity contribution in [3.05, 3.63) is 39.3 Å². The van der Waals surface area contributed by atoms with E-state index in [1.54, 1.807) is 19.1 Å². The van der Waals surface area contributed by atoms with Gasteiger partial charge in [-0.05, 0) is 43.5 Å². The number of carbonyl (C=O) groups excluding carboxylic acids is 1. The Morgan fingerprint density at radius 2 is 1.81 bits per heavy atom. The zero-order valence-corrected chi connectivity index (χ0v) is 15.3. The number of nitrogens with zero attached hydrogens (tertiary/aromatic N) is 2. The lowest BCUT2D eigenvalue weighted by molar-refractivity contribution is -0.0651. The van der Waals surface area contributed by atoms with Gasteiger partial charge in [-0.25, -0.2) is 9.78 Å². The number of fused-ring (bicyclic) bond motifs is 1. The van der Waals surface area contributed by atoms with Gasteiger partial charge >= 0.3 is 5.97 Å². The molecule has 0 amide bonds. The number of rotatable bonds is 6. The van der Waals surface area contributed by atoms with Gasteiger partial charge in [0.1, 0.15) is 12.2 Å². The highest BCUT2D eigenvalue weighted by Gasteiger charge is 2.26. The van der Waals surface area contributed by atoms with Gasteiger partial charge in [-0.3, -0.25) is 4.79 Å². The number of carbonyl (C=O) groups is 1. The van der Waals surface area contributed by atoms with Crippen LogP contribution in [0.15, 0.2) is 16.9 Å². The van der Waals surface area contributed by atoms with Gasteiger partial charge in [-0.2, -0.15) is 0 Å². The molecule has 1 aromatic heterocycles. The highest BCUT2D eigenvalue weighted by atomic mass is 16.5. The quantitative estimate of drug-likeness (QED) is 0.630. The van der Waals surface area contributed by atoms with E-state index in [1.807, 2.05) is 13.8 Å². The molecule has 142 valence electrons. The molecule has 8 heteroatoms. The fraction of sp³-hybridized carbons (Fsp3) is 0.500.